The molecule has 1 atom stereocenters. The van der Waals surface area contributed by atoms with Gasteiger partial charge in [0.05, 0.1) is 17.1 Å². The molecule has 0 amide bonds. The first-order valence-corrected chi connectivity index (χ1v) is 11.2. The van der Waals surface area contributed by atoms with Crippen molar-refractivity contribution in [3.63, 3.8) is 0 Å². The zero-order valence-corrected chi connectivity index (χ0v) is 18.7. The van der Waals surface area contributed by atoms with E-state index in [0.717, 1.165) is 31.8 Å². The molecule has 2 aliphatic rings. The van der Waals surface area contributed by atoms with E-state index in [1.807, 2.05) is 6.92 Å². The van der Waals surface area contributed by atoms with Crippen molar-refractivity contribution in [3.05, 3.63) is 46.6 Å². The van der Waals surface area contributed by atoms with Crippen LogP contribution in [0.4, 0.5) is 0 Å². The maximum atomic E-state index is 13.4. The standard InChI is InChI=1S/C24H28N4O4/c1-15(2)27-8-4-5-17(12-27)13-28-16(3)26-20-11-25-23(10-19(20)24(28)29)32-18-6-7-21-22(9-18)31-14-30-21/h6-7,9-11,15,17H,4-5,8,12-14H2,1-3H3/t17-/m0/s1. The number of ether oxygens (including phenoxy) is 3. The molecule has 3 aromatic rings. The number of fused-ring (bicyclic) bond motifs is 2. The van der Waals surface area contributed by atoms with Crippen LogP contribution in [0.15, 0.2) is 35.3 Å². The molecule has 0 unspecified atom stereocenters. The number of hydrogen-bond acceptors (Lipinski definition) is 7. The van der Waals surface area contributed by atoms with Crippen LogP contribution in [0.3, 0.4) is 0 Å². The number of hydrogen-bond donors (Lipinski definition) is 0. The number of pyridine rings is 1. The maximum absolute atomic E-state index is 13.4. The van der Waals surface area contributed by atoms with E-state index in [9.17, 15) is 4.79 Å². The normalized spacial score (nSPS) is 18.4. The van der Waals surface area contributed by atoms with Crippen LogP contribution in [0.2, 0.25) is 0 Å². The largest absolute Gasteiger partial charge is 0.454 e. The van der Waals surface area contributed by atoms with Gasteiger partial charge in [0.2, 0.25) is 12.7 Å². The Morgan fingerprint density at radius 3 is 2.91 bits per heavy atom. The number of aryl methyl sites for hydroxylation is 1. The van der Waals surface area contributed by atoms with Crippen LogP contribution in [0.25, 0.3) is 10.9 Å². The van der Waals surface area contributed by atoms with Gasteiger partial charge in [0.15, 0.2) is 11.5 Å². The van der Waals surface area contributed by atoms with Gasteiger partial charge in [-0.2, -0.15) is 0 Å². The number of likely N-dealkylation sites (tertiary alicyclic amines) is 1. The van der Waals surface area contributed by atoms with E-state index in [4.69, 9.17) is 14.2 Å². The highest BCUT2D eigenvalue weighted by Crippen LogP contribution is 2.36. The molecule has 0 N–H and O–H groups in total. The number of nitrogens with zero attached hydrogens (tertiary/aromatic N) is 4. The minimum absolute atomic E-state index is 0.0490. The number of benzene rings is 1. The summed E-state index contributed by atoms with van der Waals surface area (Å²) in [4.78, 5) is 24.9. The molecule has 1 fully saturated rings. The number of rotatable bonds is 5. The molecule has 1 aromatic carbocycles. The Labute approximate surface area is 186 Å². The predicted octanol–water partition coefficient (Wildman–Crippen LogP) is 3.74. The second-order valence-corrected chi connectivity index (χ2v) is 8.83. The van der Waals surface area contributed by atoms with Crippen LogP contribution < -0.4 is 19.8 Å². The first-order valence-electron chi connectivity index (χ1n) is 11.2. The van der Waals surface area contributed by atoms with Crippen molar-refractivity contribution < 1.29 is 14.2 Å². The van der Waals surface area contributed by atoms with Crippen molar-refractivity contribution in [1.82, 2.24) is 19.4 Å². The van der Waals surface area contributed by atoms with Crippen molar-refractivity contribution in [2.45, 2.75) is 46.2 Å². The van der Waals surface area contributed by atoms with E-state index >= 15 is 0 Å². The molecule has 2 aliphatic heterocycles. The van der Waals surface area contributed by atoms with Crippen LogP contribution >= 0.6 is 0 Å². The summed E-state index contributed by atoms with van der Waals surface area (Å²) < 4.78 is 18.4. The lowest BCUT2D eigenvalue weighted by Crippen LogP contribution is -2.42. The summed E-state index contributed by atoms with van der Waals surface area (Å²) in [7, 11) is 0. The fourth-order valence-corrected chi connectivity index (χ4v) is 4.52. The average molecular weight is 437 g/mol. The molecule has 0 bridgehead atoms. The monoisotopic (exact) mass is 436 g/mol. The third-order valence-electron chi connectivity index (χ3n) is 6.29. The second kappa shape index (κ2) is 8.43. The molecule has 5 rings (SSSR count). The molecular formula is C24H28N4O4. The smallest absolute Gasteiger partial charge is 0.261 e. The summed E-state index contributed by atoms with van der Waals surface area (Å²) in [6.07, 6.45) is 3.88. The molecule has 32 heavy (non-hydrogen) atoms. The highest BCUT2D eigenvalue weighted by atomic mass is 16.7. The molecular weight excluding hydrogens is 408 g/mol. The first kappa shape index (κ1) is 20.8. The third-order valence-corrected chi connectivity index (χ3v) is 6.29. The summed E-state index contributed by atoms with van der Waals surface area (Å²) in [5, 5.41) is 0.512. The van der Waals surface area contributed by atoms with Gasteiger partial charge in [-0.1, -0.05) is 0 Å². The minimum atomic E-state index is -0.0490. The van der Waals surface area contributed by atoms with E-state index in [1.54, 1.807) is 35.0 Å². The van der Waals surface area contributed by atoms with Crippen molar-refractivity contribution in [2.75, 3.05) is 19.9 Å². The molecule has 0 saturated carbocycles. The summed E-state index contributed by atoms with van der Waals surface area (Å²) in [6, 6.07) is 7.53. The van der Waals surface area contributed by atoms with Crippen LogP contribution in [0, 0.1) is 12.8 Å². The third kappa shape index (κ3) is 4.02. The van der Waals surface area contributed by atoms with Gasteiger partial charge in [-0.3, -0.25) is 9.36 Å². The Balaban J connectivity index is 1.42. The minimum Gasteiger partial charge on any atom is -0.454 e. The Bertz CT molecular complexity index is 1210. The Kier molecular flexibility index (Phi) is 5.46. The van der Waals surface area contributed by atoms with E-state index in [-0.39, 0.29) is 12.4 Å². The van der Waals surface area contributed by atoms with E-state index in [1.165, 1.54) is 0 Å². The van der Waals surface area contributed by atoms with Gasteiger partial charge < -0.3 is 19.1 Å². The Morgan fingerprint density at radius 1 is 1.22 bits per heavy atom. The summed E-state index contributed by atoms with van der Waals surface area (Å²) in [6.45, 7) is 9.37. The first-order chi connectivity index (χ1) is 15.5. The Morgan fingerprint density at radius 2 is 2.06 bits per heavy atom. The van der Waals surface area contributed by atoms with Crippen molar-refractivity contribution in [1.29, 1.82) is 0 Å². The van der Waals surface area contributed by atoms with Crippen LogP contribution in [0.1, 0.15) is 32.5 Å². The molecule has 8 heteroatoms. The topological polar surface area (TPSA) is 78.7 Å². The molecule has 0 spiro atoms. The van der Waals surface area contributed by atoms with Gasteiger partial charge in [0.25, 0.3) is 5.56 Å². The maximum Gasteiger partial charge on any atom is 0.261 e. The lowest BCUT2D eigenvalue weighted by molar-refractivity contribution is 0.129. The summed E-state index contributed by atoms with van der Waals surface area (Å²) in [5.74, 6) is 3.38. The molecule has 0 radical (unpaired) electrons. The van der Waals surface area contributed by atoms with Crippen molar-refractivity contribution >= 4 is 10.9 Å². The van der Waals surface area contributed by atoms with Crippen LogP contribution in [0.5, 0.6) is 23.1 Å². The van der Waals surface area contributed by atoms with Crippen LogP contribution in [-0.2, 0) is 6.54 Å². The van der Waals surface area contributed by atoms with Crippen molar-refractivity contribution in [2.24, 2.45) is 5.92 Å². The van der Waals surface area contributed by atoms with E-state index < -0.39 is 0 Å². The fraction of sp³-hybridized carbons (Fsp3) is 0.458. The van der Waals surface area contributed by atoms with E-state index in [0.29, 0.717) is 52.5 Å². The van der Waals surface area contributed by atoms with Gasteiger partial charge in [0, 0.05) is 31.3 Å². The lowest BCUT2D eigenvalue weighted by atomic mass is 9.97. The highest BCUT2D eigenvalue weighted by Gasteiger charge is 2.23. The molecule has 1 saturated heterocycles. The van der Waals surface area contributed by atoms with Gasteiger partial charge in [-0.25, -0.2) is 9.97 Å². The molecule has 0 aliphatic carbocycles. The van der Waals surface area contributed by atoms with Crippen molar-refractivity contribution in [3.8, 4) is 23.1 Å². The zero-order valence-electron chi connectivity index (χ0n) is 18.7. The summed E-state index contributed by atoms with van der Waals surface area (Å²) >= 11 is 0. The fourth-order valence-electron chi connectivity index (χ4n) is 4.52. The SMILES string of the molecule is Cc1nc2cnc(Oc3ccc4c(c3)OCO4)cc2c(=O)n1C[C@H]1CCCN(C(C)C)C1. The average Bonchev–Trinajstić information content (AvgIpc) is 3.25. The number of piperidine rings is 1. The summed E-state index contributed by atoms with van der Waals surface area (Å²) in [5.41, 5.74) is 0.529. The zero-order chi connectivity index (χ0) is 22.2. The van der Waals surface area contributed by atoms with Gasteiger partial charge in [-0.15, -0.1) is 0 Å². The lowest BCUT2D eigenvalue weighted by Gasteiger charge is -2.35. The van der Waals surface area contributed by atoms with Crippen LogP contribution in [-0.4, -0.2) is 45.4 Å². The predicted molar refractivity (Wildman–Crippen MR) is 121 cm³/mol. The van der Waals surface area contributed by atoms with Gasteiger partial charge >= 0.3 is 0 Å². The quantitative estimate of drug-likeness (QED) is 0.603. The molecule has 2 aromatic heterocycles. The number of aromatic nitrogens is 3. The molecule has 168 valence electrons. The Hall–Kier alpha value is -3.13. The van der Waals surface area contributed by atoms with E-state index in [2.05, 4.69) is 28.7 Å². The molecule has 8 nitrogen and oxygen atoms in total. The highest BCUT2D eigenvalue weighted by molar-refractivity contribution is 5.77. The van der Waals surface area contributed by atoms with Gasteiger partial charge in [-0.05, 0) is 58.2 Å². The molecule has 4 heterocycles. The van der Waals surface area contributed by atoms with Gasteiger partial charge in [0.1, 0.15) is 11.6 Å². The second-order valence-electron chi connectivity index (χ2n) is 8.83.